The van der Waals surface area contributed by atoms with E-state index >= 15 is 0 Å². The van der Waals surface area contributed by atoms with Crippen LogP contribution in [0.2, 0.25) is 0 Å². The van der Waals surface area contributed by atoms with E-state index in [-0.39, 0.29) is 21.7 Å². The molecular weight excluding hydrogens is 1340 g/mol. The number of rotatable bonds is 12. The van der Waals surface area contributed by atoms with Gasteiger partial charge in [-0.15, -0.1) is 0 Å². The molecule has 17 rings (SSSR count). The summed E-state index contributed by atoms with van der Waals surface area (Å²) in [6.07, 6.45) is 16.8. The zero-order chi connectivity index (χ0) is 78.4. The summed E-state index contributed by atoms with van der Waals surface area (Å²) < 4.78 is 0. The number of aryl methyl sites for hydroxylation is 2. The highest BCUT2D eigenvalue weighted by molar-refractivity contribution is 6.01. The van der Waals surface area contributed by atoms with E-state index in [0.29, 0.717) is 11.8 Å². The second-order valence-electron chi connectivity index (χ2n) is 32.9. The van der Waals surface area contributed by atoms with Gasteiger partial charge < -0.3 is 14.7 Å². The molecule has 3 heterocycles. The summed E-state index contributed by atoms with van der Waals surface area (Å²) in [5.74, 6) is 1.10. The molecule has 13 aromatic carbocycles. The minimum atomic E-state index is -0.0974. The van der Waals surface area contributed by atoms with Crippen LogP contribution in [0.3, 0.4) is 0 Å². The molecule has 0 amide bonds. The van der Waals surface area contributed by atoms with Crippen LogP contribution in [0.4, 0.5) is 17.1 Å². The van der Waals surface area contributed by atoms with Crippen LogP contribution in [-0.2, 0) is 53.8 Å². The first-order valence-electron chi connectivity index (χ1n) is 40.6. The number of fused-ring (bicyclic) bond motifs is 10. The van der Waals surface area contributed by atoms with Crippen molar-refractivity contribution in [2.45, 2.75) is 163 Å². The standard InChI is InChI=1S/C36H35N.2C21H22.C17H19N.C13H17N/c1-25-29(19-13-21-33-35(2,3)30-18-11-12-20-32(30)37(33)5)36(4,24-26-14-7-6-8-15-26)31-23-22-27-16-9-10-17-28(27)34(25)31;2*1-3-19-20(14-13-18-11-7-8-12-21(18)19)16(2)15-17-9-5-4-6-10-17;1-5-15-17(2,3)14-11-10-12-8-6-7-9-13(12)16(14)18(15)4;1-5-12-13(2,3)10-8-6-7-9-11(10)14(12)4/h6-23H,24H2,1-5H3;2*4-14,16H,3,15H2,1-2H3;5-11H,1-4H3;5-9H,1-4H3/b19-13+,33-21+;;;15-5+;12-5+. The van der Waals surface area contributed by atoms with Crippen molar-refractivity contribution in [3.05, 3.63) is 405 Å². The SMILES string of the molecule is C/C=C1/N(C)c2c(ccc3ccccc23)C1(C)C.C/C=C1/N(C)c2ccccc2C1(C)C.CC1=C(/C=C/C=C2/N(C)c3ccccc3C2(C)C)C(C)(Cc2ccccc2)c2ccc3ccccc3c21.CCc1c(C(C)Cc2ccccc2)ccc2ccccc12.CCc1c(C(C)Cc2ccccc2)ccc2ccccc12. The third-order valence-corrected chi connectivity index (χ3v) is 24.8. The Morgan fingerprint density at radius 3 is 1.18 bits per heavy atom. The number of nitrogens with zero attached hydrogens (tertiary/aromatic N) is 3. The molecule has 0 spiro atoms. The number of benzene rings is 13. The fourth-order valence-electron chi connectivity index (χ4n) is 19.3. The highest BCUT2D eigenvalue weighted by atomic mass is 15.2. The average molecular weight is 1460 g/mol. The Balaban J connectivity index is 0.000000127. The molecule has 0 aromatic heterocycles. The summed E-state index contributed by atoms with van der Waals surface area (Å²) >= 11 is 0. The Kier molecular flexibility index (Phi) is 23.4. The number of para-hydroxylation sites is 2. The predicted molar refractivity (Wildman–Crippen MR) is 484 cm³/mol. The first kappa shape index (κ1) is 78.1. The summed E-state index contributed by atoms with van der Waals surface area (Å²) in [5.41, 5.74) is 28.4. The Hall–Kier alpha value is -11.0. The van der Waals surface area contributed by atoms with E-state index in [4.69, 9.17) is 0 Å². The second-order valence-corrected chi connectivity index (χ2v) is 32.9. The van der Waals surface area contributed by atoms with Crippen molar-refractivity contribution in [2.24, 2.45) is 0 Å². The van der Waals surface area contributed by atoms with Gasteiger partial charge in [0.2, 0.25) is 0 Å². The molecule has 111 heavy (non-hydrogen) atoms. The van der Waals surface area contributed by atoms with Gasteiger partial charge in [-0.25, -0.2) is 0 Å². The lowest BCUT2D eigenvalue weighted by Gasteiger charge is -2.29. The first-order valence-corrected chi connectivity index (χ1v) is 40.6. The third-order valence-electron chi connectivity index (χ3n) is 24.8. The van der Waals surface area contributed by atoms with Crippen molar-refractivity contribution in [3.8, 4) is 0 Å². The van der Waals surface area contributed by atoms with Gasteiger partial charge in [-0.1, -0.05) is 373 Å². The topological polar surface area (TPSA) is 9.72 Å². The largest absolute Gasteiger partial charge is 0.347 e. The zero-order valence-electron chi connectivity index (χ0n) is 69.1. The van der Waals surface area contributed by atoms with Crippen LogP contribution in [-0.4, -0.2) is 21.1 Å². The smallest absolute Gasteiger partial charge is 0.0527 e. The monoisotopic (exact) mass is 1450 g/mol. The van der Waals surface area contributed by atoms with Crippen molar-refractivity contribution in [2.75, 3.05) is 35.8 Å². The van der Waals surface area contributed by atoms with Crippen molar-refractivity contribution in [1.29, 1.82) is 0 Å². The van der Waals surface area contributed by atoms with E-state index in [1.807, 2.05) is 0 Å². The molecule has 0 saturated heterocycles. The van der Waals surface area contributed by atoms with Crippen LogP contribution >= 0.6 is 0 Å². The van der Waals surface area contributed by atoms with Gasteiger partial charge in [0.05, 0.1) is 5.69 Å². The number of hydrogen-bond donors (Lipinski definition) is 0. The Bertz CT molecular complexity index is 5510. The molecule has 3 heteroatoms. The van der Waals surface area contributed by atoms with Gasteiger partial charge in [-0.05, 0) is 199 Å². The average Bonchev–Trinajstić information content (AvgIpc) is 1.69. The molecule has 13 aromatic rings. The van der Waals surface area contributed by atoms with Crippen molar-refractivity contribution in [1.82, 2.24) is 0 Å². The second kappa shape index (κ2) is 33.3. The zero-order valence-corrected chi connectivity index (χ0v) is 69.1. The quantitative estimate of drug-likeness (QED) is 0.121. The molecule has 4 aliphatic rings. The van der Waals surface area contributed by atoms with E-state index in [0.717, 1.165) is 32.1 Å². The molecule has 3 unspecified atom stereocenters. The summed E-state index contributed by atoms with van der Waals surface area (Å²) in [5, 5.41) is 10.9. The van der Waals surface area contributed by atoms with E-state index in [1.54, 1.807) is 0 Å². The fourth-order valence-corrected chi connectivity index (χ4v) is 19.3. The Morgan fingerprint density at radius 1 is 0.351 bits per heavy atom. The van der Waals surface area contributed by atoms with Crippen LogP contribution in [0.25, 0.3) is 48.7 Å². The highest BCUT2D eigenvalue weighted by Gasteiger charge is 2.42. The third kappa shape index (κ3) is 15.4. The van der Waals surface area contributed by atoms with Crippen LogP contribution in [0.15, 0.2) is 338 Å². The number of allylic oxidation sites excluding steroid dienone is 10. The van der Waals surface area contributed by atoms with E-state index in [2.05, 4.69) is 448 Å². The van der Waals surface area contributed by atoms with Gasteiger partial charge in [0.1, 0.15) is 0 Å². The number of anilines is 3. The summed E-state index contributed by atoms with van der Waals surface area (Å²) in [4.78, 5) is 6.98. The number of likely N-dealkylation sites (N-methyl/N-ethyl adjacent to an activating group) is 3. The van der Waals surface area contributed by atoms with Crippen molar-refractivity contribution >= 4 is 65.7 Å². The van der Waals surface area contributed by atoms with Crippen LogP contribution in [0.5, 0.6) is 0 Å². The van der Waals surface area contributed by atoms with Crippen LogP contribution in [0, 0.1) is 0 Å². The van der Waals surface area contributed by atoms with Gasteiger partial charge in [0, 0.05) is 76.7 Å². The van der Waals surface area contributed by atoms with Gasteiger partial charge in [0.25, 0.3) is 0 Å². The molecule has 0 saturated carbocycles. The predicted octanol–water partition coefficient (Wildman–Crippen LogP) is 28.3. The molecule has 0 bridgehead atoms. The molecular formula is C108H115N3. The summed E-state index contributed by atoms with van der Waals surface area (Å²) in [6, 6.07) is 103. The minimum absolute atomic E-state index is 0.0265. The summed E-state index contributed by atoms with van der Waals surface area (Å²) in [7, 11) is 6.51. The lowest BCUT2D eigenvalue weighted by atomic mass is 9.74. The van der Waals surface area contributed by atoms with Gasteiger partial charge >= 0.3 is 0 Å². The lowest BCUT2D eigenvalue weighted by Crippen LogP contribution is -2.25. The fraction of sp³-hybridized carbons (Fsp3) is 0.259. The normalized spacial score (nSPS) is 17.7. The first-order chi connectivity index (χ1) is 53.6. The highest BCUT2D eigenvalue weighted by Crippen LogP contribution is 2.53. The van der Waals surface area contributed by atoms with Crippen molar-refractivity contribution < 1.29 is 0 Å². The van der Waals surface area contributed by atoms with Gasteiger partial charge in [0.15, 0.2) is 0 Å². The molecule has 0 N–H and O–H groups in total. The molecule has 0 fully saturated rings. The Labute approximate surface area is 664 Å². The Morgan fingerprint density at radius 2 is 0.712 bits per heavy atom. The van der Waals surface area contributed by atoms with Crippen molar-refractivity contribution in [3.63, 3.8) is 0 Å². The van der Waals surface area contributed by atoms with Gasteiger partial charge in [-0.3, -0.25) is 0 Å². The molecule has 3 atom stereocenters. The van der Waals surface area contributed by atoms with E-state index < -0.39 is 0 Å². The number of hydrogen-bond acceptors (Lipinski definition) is 3. The minimum Gasteiger partial charge on any atom is -0.347 e. The molecule has 0 radical (unpaired) electrons. The molecule has 3 aliphatic heterocycles. The van der Waals surface area contributed by atoms with Crippen LogP contribution in [0.1, 0.15) is 176 Å². The van der Waals surface area contributed by atoms with E-state index in [1.165, 1.54) is 155 Å². The molecule has 1 aliphatic carbocycles. The maximum atomic E-state index is 2.43. The van der Waals surface area contributed by atoms with E-state index in [9.17, 15) is 0 Å². The maximum absolute atomic E-state index is 2.43. The van der Waals surface area contributed by atoms with Gasteiger partial charge in [-0.2, -0.15) is 0 Å². The molecule has 3 nitrogen and oxygen atoms in total. The molecule has 562 valence electrons. The lowest BCUT2D eigenvalue weighted by molar-refractivity contribution is 0.578. The maximum Gasteiger partial charge on any atom is 0.0527 e. The van der Waals surface area contributed by atoms with Crippen LogP contribution < -0.4 is 14.7 Å². The summed E-state index contributed by atoms with van der Waals surface area (Å²) in [6.45, 7) is 32.0.